The lowest BCUT2D eigenvalue weighted by molar-refractivity contribution is -0.116. The van der Waals surface area contributed by atoms with Crippen LogP contribution in [-0.4, -0.2) is 36.1 Å². The second-order valence-electron chi connectivity index (χ2n) is 6.61. The number of aromatic nitrogens is 2. The summed E-state index contributed by atoms with van der Waals surface area (Å²) in [4.78, 5) is 25.6. The number of anilines is 1. The topological polar surface area (TPSA) is 93.3 Å². The van der Waals surface area contributed by atoms with E-state index in [1.54, 1.807) is 30.3 Å². The Balaban J connectivity index is 1.78. The standard InChI is InChI=1S/C21H18ClN3O4/c1-28-15-8-5-12(9-16(15)29-2)20(27)14-10-17(26)23-21-18(14)19(24-25-21)11-3-6-13(22)7-4-11/h3-9,14H,10H2,1-2H3,(H2,23,24,25,26). The maximum Gasteiger partial charge on any atom is 0.226 e. The molecule has 2 aromatic carbocycles. The Bertz CT molecular complexity index is 1090. The van der Waals surface area contributed by atoms with Gasteiger partial charge in [0.05, 0.1) is 25.8 Å². The molecule has 1 aromatic heterocycles. The molecule has 29 heavy (non-hydrogen) atoms. The number of hydrogen-bond acceptors (Lipinski definition) is 5. The van der Waals surface area contributed by atoms with Gasteiger partial charge >= 0.3 is 0 Å². The summed E-state index contributed by atoms with van der Waals surface area (Å²) < 4.78 is 10.5. The van der Waals surface area contributed by atoms with Crippen molar-refractivity contribution in [1.29, 1.82) is 0 Å². The van der Waals surface area contributed by atoms with Gasteiger partial charge in [0, 0.05) is 28.1 Å². The Morgan fingerprint density at radius 2 is 1.83 bits per heavy atom. The Labute approximate surface area is 172 Å². The quantitative estimate of drug-likeness (QED) is 0.617. The van der Waals surface area contributed by atoms with Crippen LogP contribution < -0.4 is 14.8 Å². The fourth-order valence-corrected chi connectivity index (χ4v) is 3.63. The van der Waals surface area contributed by atoms with Crippen LogP contribution >= 0.6 is 11.6 Å². The number of ether oxygens (including phenoxy) is 2. The molecule has 0 aliphatic carbocycles. The molecular weight excluding hydrogens is 394 g/mol. The summed E-state index contributed by atoms with van der Waals surface area (Å²) in [6.45, 7) is 0. The Hall–Kier alpha value is -3.32. The van der Waals surface area contributed by atoms with Gasteiger partial charge in [-0.05, 0) is 30.3 Å². The Kier molecular flexibility index (Phi) is 4.98. The maximum atomic E-state index is 13.4. The average molecular weight is 412 g/mol. The van der Waals surface area contributed by atoms with Crippen LogP contribution in [0.15, 0.2) is 42.5 Å². The van der Waals surface area contributed by atoms with Crippen LogP contribution in [0.4, 0.5) is 5.82 Å². The molecule has 7 nitrogen and oxygen atoms in total. The van der Waals surface area contributed by atoms with Gasteiger partial charge in [-0.25, -0.2) is 0 Å². The van der Waals surface area contributed by atoms with Crippen molar-refractivity contribution in [3.63, 3.8) is 0 Å². The summed E-state index contributed by atoms with van der Waals surface area (Å²) in [5.74, 6) is 0.204. The van der Waals surface area contributed by atoms with E-state index in [4.69, 9.17) is 21.1 Å². The molecule has 0 bridgehead atoms. The van der Waals surface area contributed by atoms with E-state index in [0.29, 0.717) is 39.2 Å². The lowest BCUT2D eigenvalue weighted by atomic mass is 9.84. The number of hydrogen-bond donors (Lipinski definition) is 2. The van der Waals surface area contributed by atoms with Crippen molar-refractivity contribution in [3.05, 3.63) is 58.6 Å². The van der Waals surface area contributed by atoms with E-state index in [2.05, 4.69) is 15.5 Å². The molecule has 2 N–H and O–H groups in total. The highest BCUT2D eigenvalue weighted by atomic mass is 35.5. The van der Waals surface area contributed by atoms with Crippen LogP contribution in [-0.2, 0) is 4.79 Å². The van der Waals surface area contributed by atoms with Crippen molar-refractivity contribution in [2.75, 3.05) is 19.5 Å². The summed E-state index contributed by atoms with van der Waals surface area (Å²) in [5, 5.41) is 10.5. The number of aromatic amines is 1. The minimum Gasteiger partial charge on any atom is -0.493 e. The number of amides is 1. The van der Waals surface area contributed by atoms with Gasteiger partial charge in [0.1, 0.15) is 0 Å². The number of methoxy groups -OCH3 is 2. The van der Waals surface area contributed by atoms with E-state index in [0.717, 1.165) is 5.56 Å². The Morgan fingerprint density at radius 1 is 1.10 bits per heavy atom. The minimum absolute atomic E-state index is 0.0281. The molecule has 1 unspecified atom stereocenters. The van der Waals surface area contributed by atoms with Gasteiger partial charge in [0.15, 0.2) is 23.1 Å². The average Bonchev–Trinajstić information content (AvgIpc) is 3.16. The monoisotopic (exact) mass is 411 g/mol. The number of carbonyl (C=O) groups excluding carboxylic acids is 2. The molecule has 1 aliphatic rings. The van der Waals surface area contributed by atoms with E-state index < -0.39 is 5.92 Å². The number of benzene rings is 2. The molecule has 1 atom stereocenters. The molecule has 8 heteroatoms. The number of ketones is 1. The lowest BCUT2D eigenvalue weighted by Gasteiger charge is -2.22. The summed E-state index contributed by atoms with van der Waals surface area (Å²) >= 11 is 5.99. The second-order valence-corrected chi connectivity index (χ2v) is 7.04. The first-order chi connectivity index (χ1) is 14.0. The number of halogens is 1. The number of rotatable bonds is 5. The van der Waals surface area contributed by atoms with Crippen molar-refractivity contribution in [3.8, 4) is 22.8 Å². The van der Waals surface area contributed by atoms with Crippen LogP contribution in [0.25, 0.3) is 11.3 Å². The highest BCUT2D eigenvalue weighted by molar-refractivity contribution is 6.30. The number of carbonyl (C=O) groups is 2. The normalized spacial score (nSPS) is 15.4. The van der Waals surface area contributed by atoms with Crippen molar-refractivity contribution in [2.24, 2.45) is 0 Å². The molecule has 2 heterocycles. The highest BCUT2D eigenvalue weighted by Crippen LogP contribution is 2.40. The van der Waals surface area contributed by atoms with E-state index in [9.17, 15) is 9.59 Å². The van der Waals surface area contributed by atoms with Crippen LogP contribution in [0, 0.1) is 0 Å². The number of H-pyrrole nitrogens is 1. The van der Waals surface area contributed by atoms with Crippen LogP contribution in [0.5, 0.6) is 11.5 Å². The molecule has 0 radical (unpaired) electrons. The minimum atomic E-state index is -0.679. The lowest BCUT2D eigenvalue weighted by Crippen LogP contribution is -2.27. The van der Waals surface area contributed by atoms with Crippen LogP contribution in [0.2, 0.25) is 5.02 Å². The zero-order chi connectivity index (χ0) is 20.5. The first-order valence-corrected chi connectivity index (χ1v) is 9.30. The fraction of sp³-hybridized carbons (Fsp3) is 0.190. The largest absolute Gasteiger partial charge is 0.493 e. The van der Waals surface area contributed by atoms with Crippen molar-refractivity contribution in [1.82, 2.24) is 10.2 Å². The van der Waals surface area contributed by atoms with E-state index >= 15 is 0 Å². The van der Waals surface area contributed by atoms with Crippen molar-refractivity contribution in [2.45, 2.75) is 12.3 Å². The number of fused-ring (bicyclic) bond motifs is 1. The molecule has 4 rings (SSSR count). The van der Waals surface area contributed by atoms with Gasteiger partial charge in [-0.1, -0.05) is 23.7 Å². The molecule has 0 saturated carbocycles. The molecule has 0 saturated heterocycles. The van der Waals surface area contributed by atoms with Crippen LogP contribution in [0.1, 0.15) is 28.3 Å². The molecule has 1 amide bonds. The summed E-state index contributed by atoms with van der Waals surface area (Å²) in [6.07, 6.45) is 0.0281. The van der Waals surface area contributed by atoms with Gasteiger partial charge in [-0.2, -0.15) is 5.10 Å². The third-order valence-electron chi connectivity index (χ3n) is 4.92. The number of nitrogens with zero attached hydrogens (tertiary/aromatic N) is 1. The molecular formula is C21H18ClN3O4. The fourth-order valence-electron chi connectivity index (χ4n) is 3.51. The van der Waals surface area contributed by atoms with Crippen molar-refractivity contribution < 1.29 is 19.1 Å². The third kappa shape index (κ3) is 3.45. The number of nitrogens with one attached hydrogen (secondary N) is 2. The third-order valence-corrected chi connectivity index (χ3v) is 5.17. The van der Waals surface area contributed by atoms with Gasteiger partial charge in [0.25, 0.3) is 0 Å². The predicted octanol–water partition coefficient (Wildman–Crippen LogP) is 4.06. The van der Waals surface area contributed by atoms with Gasteiger partial charge in [-0.15, -0.1) is 0 Å². The van der Waals surface area contributed by atoms with Crippen molar-refractivity contribution >= 4 is 29.1 Å². The van der Waals surface area contributed by atoms with Gasteiger partial charge in [0.2, 0.25) is 5.91 Å². The molecule has 0 fully saturated rings. The smallest absolute Gasteiger partial charge is 0.226 e. The predicted molar refractivity (Wildman–Crippen MR) is 109 cm³/mol. The Morgan fingerprint density at radius 3 is 2.52 bits per heavy atom. The second kappa shape index (κ2) is 7.60. The summed E-state index contributed by atoms with van der Waals surface area (Å²) in [7, 11) is 3.04. The summed E-state index contributed by atoms with van der Waals surface area (Å²) in [6, 6.07) is 12.2. The zero-order valence-corrected chi connectivity index (χ0v) is 16.5. The summed E-state index contributed by atoms with van der Waals surface area (Å²) in [5.41, 5.74) is 2.59. The molecule has 1 aliphatic heterocycles. The van der Waals surface area contributed by atoms with Gasteiger partial charge in [-0.3, -0.25) is 14.7 Å². The maximum absolute atomic E-state index is 13.4. The molecule has 0 spiro atoms. The molecule has 3 aromatic rings. The molecule has 148 valence electrons. The van der Waals surface area contributed by atoms with Gasteiger partial charge < -0.3 is 14.8 Å². The zero-order valence-electron chi connectivity index (χ0n) is 15.8. The van der Waals surface area contributed by atoms with Crippen LogP contribution in [0.3, 0.4) is 0 Å². The van der Waals surface area contributed by atoms with E-state index in [-0.39, 0.29) is 18.1 Å². The SMILES string of the molecule is COc1ccc(C(=O)C2CC(=O)Nc3n[nH]c(-c4ccc(Cl)cc4)c32)cc1OC. The highest BCUT2D eigenvalue weighted by Gasteiger charge is 2.36. The van der Waals surface area contributed by atoms with E-state index in [1.165, 1.54) is 14.2 Å². The first kappa shape index (κ1) is 19.0. The number of Topliss-reactive ketones (excluding diaryl/α,β-unsaturated/α-hetero) is 1. The first-order valence-electron chi connectivity index (χ1n) is 8.92. The van der Waals surface area contributed by atoms with E-state index in [1.807, 2.05) is 12.1 Å².